The van der Waals surface area contributed by atoms with Crippen LogP contribution >= 0.6 is 0 Å². The summed E-state index contributed by atoms with van der Waals surface area (Å²) in [5.41, 5.74) is 6.92. The third-order valence-electron chi connectivity index (χ3n) is 3.44. The molecule has 0 amide bonds. The molecule has 6 nitrogen and oxygen atoms in total. The molecule has 0 spiro atoms. The minimum absolute atomic E-state index is 0.0700. The van der Waals surface area contributed by atoms with Crippen LogP contribution in [0.15, 0.2) is 23.2 Å². The van der Waals surface area contributed by atoms with Gasteiger partial charge in [-0.1, -0.05) is 13.8 Å². The Morgan fingerprint density at radius 2 is 1.96 bits per heavy atom. The lowest BCUT2D eigenvalue weighted by Crippen LogP contribution is -2.32. The Bertz CT molecular complexity index is 556. The van der Waals surface area contributed by atoms with Crippen LogP contribution in [-0.2, 0) is 0 Å². The number of aliphatic imine (C=N–C) groups is 1. The van der Waals surface area contributed by atoms with Gasteiger partial charge < -0.3 is 25.4 Å². The summed E-state index contributed by atoms with van der Waals surface area (Å²) in [5.74, 6) is 1.93. The first-order valence-electron chi connectivity index (χ1n) is 7.97. The summed E-state index contributed by atoms with van der Waals surface area (Å²) in [6.07, 6.45) is 0.891. The fourth-order valence-electron chi connectivity index (χ4n) is 2.63. The molecule has 1 aliphatic heterocycles. The second-order valence-corrected chi connectivity index (χ2v) is 6.94. The minimum Gasteiger partial charge on any atom is -0.490 e. The molecule has 0 saturated heterocycles. The van der Waals surface area contributed by atoms with Crippen LogP contribution in [-0.4, -0.2) is 51.3 Å². The highest BCUT2D eigenvalue weighted by Gasteiger charge is 2.18. The maximum absolute atomic E-state index is 6.00. The number of hydrogen-bond donors (Lipinski definition) is 2. The zero-order valence-corrected chi connectivity index (χ0v) is 14.6. The van der Waals surface area contributed by atoms with Crippen LogP contribution in [0.3, 0.4) is 0 Å². The average Bonchev–Trinajstić information content (AvgIpc) is 2.69. The zero-order chi connectivity index (χ0) is 16.9. The summed E-state index contributed by atoms with van der Waals surface area (Å²) in [6.45, 7) is 7.32. The third kappa shape index (κ3) is 5.63. The maximum Gasteiger partial charge on any atom is 0.193 e. The standard InChI is InChI=1S/C17H28N4O2/c1-17(2,12-21(3)4)11-19-16(18)20-13-6-7-14-15(10-13)23-9-5-8-22-14/h6-7,10H,5,8-9,11-12H2,1-4H3,(H3,18,19,20). The van der Waals surface area contributed by atoms with E-state index < -0.39 is 0 Å². The van der Waals surface area contributed by atoms with Gasteiger partial charge in [-0.05, 0) is 31.6 Å². The molecule has 0 aromatic heterocycles. The number of nitrogens with two attached hydrogens (primary N) is 1. The number of nitrogens with one attached hydrogen (secondary N) is 1. The van der Waals surface area contributed by atoms with Crippen molar-refractivity contribution in [2.45, 2.75) is 20.3 Å². The monoisotopic (exact) mass is 320 g/mol. The molecule has 1 heterocycles. The molecule has 1 aliphatic rings. The van der Waals surface area contributed by atoms with Crippen molar-refractivity contribution in [3.05, 3.63) is 18.2 Å². The molecule has 128 valence electrons. The van der Waals surface area contributed by atoms with Crippen LogP contribution in [0, 0.1) is 5.41 Å². The molecule has 3 N–H and O–H groups in total. The number of anilines is 1. The van der Waals surface area contributed by atoms with Gasteiger partial charge in [0.2, 0.25) is 0 Å². The Hall–Kier alpha value is -1.95. The number of hydrogen-bond acceptors (Lipinski definition) is 4. The molecule has 0 radical (unpaired) electrons. The fraction of sp³-hybridized carbons (Fsp3) is 0.588. The van der Waals surface area contributed by atoms with Crippen molar-refractivity contribution in [2.24, 2.45) is 16.1 Å². The highest BCUT2D eigenvalue weighted by Crippen LogP contribution is 2.32. The Morgan fingerprint density at radius 1 is 1.26 bits per heavy atom. The molecule has 0 unspecified atom stereocenters. The number of fused-ring (bicyclic) bond motifs is 1. The Morgan fingerprint density at radius 3 is 2.65 bits per heavy atom. The van der Waals surface area contributed by atoms with Gasteiger partial charge in [0.25, 0.3) is 0 Å². The van der Waals surface area contributed by atoms with E-state index in [1.165, 1.54) is 0 Å². The van der Waals surface area contributed by atoms with Crippen molar-refractivity contribution in [3.63, 3.8) is 0 Å². The second-order valence-electron chi connectivity index (χ2n) is 6.94. The minimum atomic E-state index is 0.0700. The van der Waals surface area contributed by atoms with Crippen LogP contribution < -0.4 is 20.5 Å². The van der Waals surface area contributed by atoms with Crippen LogP contribution in [0.2, 0.25) is 0 Å². The summed E-state index contributed by atoms with van der Waals surface area (Å²) in [5, 5.41) is 3.12. The van der Waals surface area contributed by atoms with Crippen molar-refractivity contribution in [2.75, 3.05) is 45.7 Å². The molecular formula is C17H28N4O2. The smallest absolute Gasteiger partial charge is 0.193 e. The van der Waals surface area contributed by atoms with Gasteiger partial charge in [0, 0.05) is 31.3 Å². The fourth-order valence-corrected chi connectivity index (χ4v) is 2.63. The van der Waals surface area contributed by atoms with Gasteiger partial charge in [0.1, 0.15) is 0 Å². The Balaban J connectivity index is 1.98. The lowest BCUT2D eigenvalue weighted by atomic mass is 9.93. The van der Waals surface area contributed by atoms with Gasteiger partial charge in [-0.15, -0.1) is 0 Å². The predicted octanol–water partition coefficient (Wildman–Crippen LogP) is 2.16. The zero-order valence-electron chi connectivity index (χ0n) is 14.6. The molecule has 1 aromatic rings. The van der Waals surface area contributed by atoms with Gasteiger partial charge in [-0.3, -0.25) is 4.99 Å². The molecule has 6 heteroatoms. The van der Waals surface area contributed by atoms with E-state index >= 15 is 0 Å². The normalized spacial score (nSPS) is 15.4. The van der Waals surface area contributed by atoms with E-state index in [-0.39, 0.29) is 5.41 Å². The molecule has 0 aliphatic carbocycles. The summed E-state index contributed by atoms with van der Waals surface area (Å²) in [6, 6.07) is 5.71. The molecule has 1 aromatic carbocycles. The summed E-state index contributed by atoms with van der Waals surface area (Å²) in [7, 11) is 4.12. The van der Waals surface area contributed by atoms with Crippen LogP contribution in [0.25, 0.3) is 0 Å². The Kier molecular flexibility index (Phi) is 5.71. The highest BCUT2D eigenvalue weighted by atomic mass is 16.5. The SMILES string of the molecule is CN(C)CC(C)(C)CN=C(N)Nc1ccc2c(c1)OCCCO2. The molecule has 0 atom stereocenters. The molecule has 0 saturated carbocycles. The van der Waals surface area contributed by atoms with Crippen LogP contribution in [0.1, 0.15) is 20.3 Å². The maximum atomic E-state index is 6.00. The van der Waals surface area contributed by atoms with Gasteiger partial charge >= 0.3 is 0 Å². The summed E-state index contributed by atoms with van der Waals surface area (Å²) in [4.78, 5) is 6.62. The van der Waals surface area contributed by atoms with Crippen LogP contribution in [0.5, 0.6) is 11.5 Å². The number of rotatable bonds is 5. The van der Waals surface area contributed by atoms with E-state index in [9.17, 15) is 0 Å². The molecule has 0 bridgehead atoms. The quantitative estimate of drug-likeness (QED) is 0.642. The van der Waals surface area contributed by atoms with Crippen molar-refractivity contribution >= 4 is 11.6 Å². The number of guanidine groups is 1. The summed E-state index contributed by atoms with van der Waals surface area (Å²) < 4.78 is 11.3. The van der Waals surface area contributed by atoms with Crippen LogP contribution in [0.4, 0.5) is 5.69 Å². The molecule has 23 heavy (non-hydrogen) atoms. The van der Waals surface area contributed by atoms with E-state index in [0.717, 1.165) is 30.2 Å². The van der Waals surface area contributed by atoms with E-state index in [0.29, 0.717) is 25.7 Å². The second kappa shape index (κ2) is 7.55. The van der Waals surface area contributed by atoms with Gasteiger partial charge in [-0.25, -0.2) is 0 Å². The van der Waals surface area contributed by atoms with Crippen molar-refractivity contribution < 1.29 is 9.47 Å². The van der Waals surface area contributed by atoms with Crippen molar-refractivity contribution in [1.29, 1.82) is 0 Å². The van der Waals surface area contributed by atoms with E-state index in [1.54, 1.807) is 0 Å². The largest absolute Gasteiger partial charge is 0.490 e. The number of nitrogens with zero attached hydrogens (tertiary/aromatic N) is 2. The van der Waals surface area contributed by atoms with Gasteiger partial charge in [0.05, 0.1) is 13.2 Å². The first kappa shape index (κ1) is 17.4. The van der Waals surface area contributed by atoms with Gasteiger partial charge in [-0.2, -0.15) is 0 Å². The first-order valence-corrected chi connectivity index (χ1v) is 7.97. The molecule has 0 fully saturated rings. The lowest BCUT2D eigenvalue weighted by molar-refractivity contribution is 0.249. The van der Waals surface area contributed by atoms with Gasteiger partial charge in [0.15, 0.2) is 17.5 Å². The Labute approximate surface area is 138 Å². The number of ether oxygens (including phenoxy) is 2. The van der Waals surface area contributed by atoms with E-state index in [4.69, 9.17) is 15.2 Å². The van der Waals surface area contributed by atoms with E-state index in [2.05, 4.69) is 43.2 Å². The van der Waals surface area contributed by atoms with E-state index in [1.807, 2.05) is 18.2 Å². The van der Waals surface area contributed by atoms with Crippen molar-refractivity contribution in [1.82, 2.24) is 4.90 Å². The number of benzene rings is 1. The average molecular weight is 320 g/mol. The summed E-state index contributed by atoms with van der Waals surface area (Å²) >= 11 is 0. The molecular weight excluding hydrogens is 292 g/mol. The predicted molar refractivity (Wildman–Crippen MR) is 94.5 cm³/mol. The highest BCUT2D eigenvalue weighted by molar-refractivity contribution is 5.92. The lowest BCUT2D eigenvalue weighted by Gasteiger charge is -2.26. The topological polar surface area (TPSA) is 72.1 Å². The van der Waals surface area contributed by atoms with Crippen molar-refractivity contribution in [3.8, 4) is 11.5 Å². The third-order valence-corrected chi connectivity index (χ3v) is 3.44. The first-order chi connectivity index (χ1) is 10.9. The molecule has 2 rings (SSSR count).